The number of hydrogen-bond donors (Lipinski definition) is 0. The summed E-state index contributed by atoms with van der Waals surface area (Å²) in [5, 5.41) is 0.598. The van der Waals surface area contributed by atoms with Gasteiger partial charge in [0, 0.05) is 10.9 Å². The van der Waals surface area contributed by atoms with E-state index >= 15 is 0 Å². The topological polar surface area (TPSA) is 51.8 Å². The molecule has 1 aromatic carbocycles. The van der Waals surface area contributed by atoms with Crippen LogP contribution in [0.2, 0.25) is 0 Å². The number of ether oxygens (including phenoxy) is 1. The maximum atomic E-state index is 14.0. The first-order valence-corrected chi connectivity index (χ1v) is 10.3. The highest BCUT2D eigenvalue weighted by atomic mass is 32.1. The number of halogens is 2. The van der Waals surface area contributed by atoms with Gasteiger partial charge in [-0.15, -0.1) is 11.3 Å². The molecule has 3 aromatic rings. The third-order valence-electron chi connectivity index (χ3n) is 4.76. The predicted molar refractivity (Wildman–Crippen MR) is 108 cm³/mol. The van der Waals surface area contributed by atoms with E-state index in [0.29, 0.717) is 22.9 Å². The Bertz CT molecular complexity index is 1080. The van der Waals surface area contributed by atoms with Crippen LogP contribution in [-0.2, 0) is 17.6 Å². The molecule has 1 aliphatic rings. The van der Waals surface area contributed by atoms with Crippen LogP contribution in [0.1, 0.15) is 46.3 Å². The maximum absolute atomic E-state index is 14.0. The van der Waals surface area contributed by atoms with Crippen molar-refractivity contribution in [3.05, 3.63) is 63.7 Å². The van der Waals surface area contributed by atoms with E-state index in [9.17, 15) is 13.6 Å². The first-order valence-electron chi connectivity index (χ1n) is 9.47. The number of benzene rings is 1. The van der Waals surface area contributed by atoms with Crippen molar-refractivity contribution in [3.63, 3.8) is 0 Å². The molecule has 0 spiro atoms. The Morgan fingerprint density at radius 2 is 2.07 bits per heavy atom. The Morgan fingerprint density at radius 1 is 1.24 bits per heavy atom. The Balaban J connectivity index is 1.64. The summed E-state index contributed by atoms with van der Waals surface area (Å²) < 4.78 is 37.9. The van der Waals surface area contributed by atoms with Gasteiger partial charge in [-0.1, -0.05) is 0 Å². The summed E-state index contributed by atoms with van der Waals surface area (Å²) in [4.78, 5) is 18.1. The van der Waals surface area contributed by atoms with E-state index in [-0.39, 0.29) is 17.3 Å². The number of nitrogens with zero attached hydrogens (tertiary/aromatic N) is 1. The van der Waals surface area contributed by atoms with Gasteiger partial charge >= 0.3 is 5.97 Å². The molecule has 0 saturated carbocycles. The fraction of sp³-hybridized carbons (Fsp3) is 0.273. The molecule has 0 saturated heterocycles. The third kappa shape index (κ3) is 4.00. The number of aliphatic imine (C=N–C) groups is 1. The molecule has 4 nitrogen and oxygen atoms in total. The standard InChI is InChI=1S/C22H19F2NO3S/c1-2-27-22(26)20-16-5-3-4-6-19(16)29-21(20)25-12-14-8-10-18(28-14)15-9-7-13(23)11-17(15)24/h7-12H,2-6H2,1H3. The molecular formula is C22H19F2NO3S. The third-order valence-corrected chi connectivity index (χ3v) is 5.96. The SMILES string of the molecule is CCOC(=O)c1c(N=Cc2ccc(-c3ccc(F)cc3F)o2)sc2c1CCCC2. The number of furan rings is 1. The molecule has 2 aromatic heterocycles. The van der Waals surface area contributed by atoms with Gasteiger partial charge in [-0.05, 0) is 62.4 Å². The van der Waals surface area contributed by atoms with E-state index in [1.54, 1.807) is 19.1 Å². The molecule has 0 radical (unpaired) electrons. The summed E-state index contributed by atoms with van der Waals surface area (Å²) in [6.45, 7) is 2.08. The lowest BCUT2D eigenvalue weighted by Gasteiger charge is -2.11. The Morgan fingerprint density at radius 3 is 2.86 bits per heavy atom. The van der Waals surface area contributed by atoms with Crippen LogP contribution < -0.4 is 0 Å². The number of aryl methyl sites for hydroxylation is 1. The van der Waals surface area contributed by atoms with E-state index in [4.69, 9.17) is 9.15 Å². The zero-order valence-corrected chi connectivity index (χ0v) is 16.7. The lowest BCUT2D eigenvalue weighted by Crippen LogP contribution is -2.09. The molecule has 0 aliphatic heterocycles. The van der Waals surface area contributed by atoms with Crippen molar-refractivity contribution in [2.24, 2.45) is 4.99 Å². The number of esters is 1. The summed E-state index contributed by atoms with van der Waals surface area (Å²) in [6, 6.07) is 6.57. The Kier molecular flexibility index (Phi) is 5.58. The highest BCUT2D eigenvalue weighted by molar-refractivity contribution is 7.16. The number of rotatable bonds is 5. The molecule has 0 unspecified atom stereocenters. The second-order valence-electron chi connectivity index (χ2n) is 6.70. The summed E-state index contributed by atoms with van der Waals surface area (Å²) in [5.74, 6) is -1.01. The van der Waals surface area contributed by atoms with Gasteiger partial charge in [0.25, 0.3) is 0 Å². The van der Waals surface area contributed by atoms with Crippen LogP contribution in [0.3, 0.4) is 0 Å². The summed E-state index contributed by atoms with van der Waals surface area (Å²) in [7, 11) is 0. The molecule has 4 rings (SSSR count). The highest BCUT2D eigenvalue weighted by Gasteiger charge is 2.26. The monoisotopic (exact) mass is 415 g/mol. The van der Waals surface area contributed by atoms with Gasteiger partial charge in [0.2, 0.25) is 0 Å². The zero-order valence-electron chi connectivity index (χ0n) is 15.8. The zero-order chi connectivity index (χ0) is 20.4. The molecule has 2 heterocycles. The van der Waals surface area contributed by atoms with Crippen LogP contribution in [0.5, 0.6) is 0 Å². The molecule has 0 atom stereocenters. The van der Waals surface area contributed by atoms with E-state index in [0.717, 1.165) is 37.3 Å². The first kappa shape index (κ1) is 19.5. The largest absolute Gasteiger partial charge is 0.462 e. The van der Waals surface area contributed by atoms with Crippen molar-refractivity contribution >= 4 is 28.5 Å². The summed E-state index contributed by atoms with van der Waals surface area (Å²) in [6.07, 6.45) is 5.44. The van der Waals surface area contributed by atoms with Crippen LogP contribution in [0.4, 0.5) is 13.8 Å². The average molecular weight is 415 g/mol. The van der Waals surface area contributed by atoms with Crippen LogP contribution >= 0.6 is 11.3 Å². The van der Waals surface area contributed by atoms with Crippen molar-refractivity contribution in [2.45, 2.75) is 32.6 Å². The second-order valence-corrected chi connectivity index (χ2v) is 7.78. The molecule has 150 valence electrons. The van der Waals surface area contributed by atoms with Gasteiger partial charge in [-0.25, -0.2) is 18.6 Å². The van der Waals surface area contributed by atoms with E-state index in [1.807, 2.05) is 0 Å². The van der Waals surface area contributed by atoms with Crippen molar-refractivity contribution in [2.75, 3.05) is 6.61 Å². The Labute approximate surface area is 170 Å². The molecule has 0 bridgehead atoms. The van der Waals surface area contributed by atoms with Crippen molar-refractivity contribution in [1.29, 1.82) is 0 Å². The van der Waals surface area contributed by atoms with Crippen molar-refractivity contribution in [3.8, 4) is 11.3 Å². The van der Waals surface area contributed by atoms with Gasteiger partial charge in [0.05, 0.1) is 23.9 Å². The van der Waals surface area contributed by atoms with Crippen LogP contribution in [0.15, 0.2) is 39.7 Å². The first-order chi connectivity index (χ1) is 14.1. The normalized spacial score (nSPS) is 13.6. The Hall–Kier alpha value is -2.80. The lowest BCUT2D eigenvalue weighted by molar-refractivity contribution is 0.0526. The molecule has 7 heteroatoms. The van der Waals surface area contributed by atoms with Gasteiger partial charge < -0.3 is 9.15 Å². The average Bonchev–Trinajstić information content (AvgIpc) is 3.30. The fourth-order valence-corrected chi connectivity index (χ4v) is 4.66. The highest BCUT2D eigenvalue weighted by Crippen LogP contribution is 2.40. The molecular weight excluding hydrogens is 396 g/mol. The minimum absolute atomic E-state index is 0.171. The molecule has 0 fully saturated rings. The van der Waals surface area contributed by atoms with Gasteiger partial charge in [0.1, 0.15) is 28.2 Å². The minimum Gasteiger partial charge on any atom is -0.462 e. The summed E-state index contributed by atoms with van der Waals surface area (Å²) >= 11 is 1.50. The molecule has 29 heavy (non-hydrogen) atoms. The number of carbonyl (C=O) groups excluding carboxylic acids is 1. The second kappa shape index (κ2) is 8.29. The van der Waals surface area contributed by atoms with Gasteiger partial charge in [-0.3, -0.25) is 0 Å². The smallest absolute Gasteiger partial charge is 0.341 e. The number of carbonyl (C=O) groups is 1. The fourth-order valence-electron chi connectivity index (χ4n) is 3.43. The number of fused-ring (bicyclic) bond motifs is 1. The van der Waals surface area contributed by atoms with Crippen molar-refractivity contribution in [1.82, 2.24) is 0 Å². The minimum atomic E-state index is -0.696. The maximum Gasteiger partial charge on any atom is 0.341 e. The predicted octanol–water partition coefficient (Wildman–Crippen LogP) is 6.09. The van der Waals surface area contributed by atoms with Gasteiger partial charge in [-0.2, -0.15) is 0 Å². The lowest BCUT2D eigenvalue weighted by atomic mass is 9.95. The van der Waals surface area contributed by atoms with E-state index in [2.05, 4.69) is 4.99 Å². The molecule has 1 aliphatic carbocycles. The summed E-state index contributed by atoms with van der Waals surface area (Å²) in [5.41, 5.74) is 1.75. The van der Waals surface area contributed by atoms with E-state index < -0.39 is 11.6 Å². The molecule has 0 amide bonds. The van der Waals surface area contributed by atoms with Crippen LogP contribution in [0, 0.1) is 11.6 Å². The quantitative estimate of drug-likeness (QED) is 0.374. The van der Waals surface area contributed by atoms with E-state index in [1.165, 1.54) is 34.6 Å². The van der Waals surface area contributed by atoms with Crippen LogP contribution in [0.25, 0.3) is 11.3 Å². The number of hydrogen-bond acceptors (Lipinski definition) is 5. The van der Waals surface area contributed by atoms with Gasteiger partial charge in [0.15, 0.2) is 0 Å². The molecule has 0 N–H and O–H groups in total. The number of thiophene rings is 1. The van der Waals surface area contributed by atoms with Crippen molar-refractivity contribution < 1.29 is 22.7 Å². The van der Waals surface area contributed by atoms with Crippen LogP contribution in [-0.4, -0.2) is 18.8 Å².